The Labute approximate surface area is 247 Å². The molecule has 7 aromatic carbocycles. The Balaban J connectivity index is 1.79. The fraction of sp³-hybridized carbons (Fsp3) is 0. The Kier molecular flexibility index (Phi) is 1.96. The fourth-order valence-corrected chi connectivity index (χ4v) is 4.84. The third-order valence-corrected chi connectivity index (χ3v) is 6.35. The first-order chi connectivity index (χ1) is 27.1. The number of rotatable bonds is 2. The van der Waals surface area contributed by atoms with E-state index in [2.05, 4.69) is 0 Å². The van der Waals surface area contributed by atoms with Gasteiger partial charge < -0.3 is 9.52 Å². The lowest BCUT2D eigenvalue weighted by atomic mass is 9.84. The van der Waals surface area contributed by atoms with E-state index < -0.39 is 176 Å². The summed E-state index contributed by atoms with van der Waals surface area (Å²) in [7, 11) is 0. The molecule has 2 heteroatoms. The van der Waals surface area contributed by atoms with Crippen LogP contribution in [0.4, 0.5) is 0 Å². The van der Waals surface area contributed by atoms with Crippen LogP contribution >= 0.6 is 0 Å². The summed E-state index contributed by atoms with van der Waals surface area (Å²) in [6, 6.07) is -14.9. The molecule has 0 bridgehead atoms. The zero-order valence-electron chi connectivity index (χ0n) is 38.9. The fourth-order valence-electron chi connectivity index (χ4n) is 4.84. The molecule has 0 aliphatic rings. The summed E-state index contributed by atoms with van der Waals surface area (Å²) in [4.78, 5) is 0. The van der Waals surface area contributed by atoms with Crippen molar-refractivity contribution in [2.24, 2.45) is 0 Å². The molecule has 38 heavy (non-hydrogen) atoms. The maximum atomic E-state index is 11.8. The van der Waals surface area contributed by atoms with Crippen LogP contribution in [0.2, 0.25) is 0 Å². The normalized spacial score (nSPS) is 19.2. The summed E-state index contributed by atoms with van der Waals surface area (Å²) in [6.07, 6.45) is 0. The second-order valence-electron chi connectivity index (χ2n) is 8.33. The van der Waals surface area contributed by atoms with Gasteiger partial charge in [0, 0.05) is 21.7 Å². The van der Waals surface area contributed by atoms with E-state index in [9.17, 15) is 9.22 Å². The SMILES string of the molecule is [2H]c1c([2H])c([2H])c(-c2c3c([2H])c([2H])c([2H])c([2H])c3c(-c3c([2H])c([2H])c([2H])c4oc5c([2H])c6c([2H])c([2H])c([2H])c([2H])c6cc5c34)c3c([2H])c([2H])c([2H])c(O)c23)c([2H])c1[2H]. The highest BCUT2D eigenvalue weighted by molar-refractivity contribution is 6.27. The molecule has 0 amide bonds. The van der Waals surface area contributed by atoms with E-state index in [4.69, 9.17) is 27.7 Å². The van der Waals surface area contributed by atoms with E-state index in [1.54, 1.807) is 0 Å². The summed E-state index contributed by atoms with van der Waals surface area (Å²) in [5.74, 6) is -1.10. The van der Waals surface area contributed by atoms with Gasteiger partial charge in [0.25, 0.3) is 0 Å². The van der Waals surface area contributed by atoms with Gasteiger partial charge in [0.2, 0.25) is 0 Å². The van der Waals surface area contributed by atoms with E-state index in [0.717, 1.165) is 0 Å². The van der Waals surface area contributed by atoms with Crippen LogP contribution < -0.4 is 0 Å². The first-order valence-electron chi connectivity index (χ1n) is 21.2. The topological polar surface area (TPSA) is 33.4 Å². The Morgan fingerprint density at radius 3 is 2.05 bits per heavy atom. The summed E-state index contributed by atoms with van der Waals surface area (Å²) in [6.45, 7) is 0. The standard InChI is InChI=1S/C36H22O2/c37-30-18-8-16-28-34(26-15-7-6-14-25(26)33(36(28)30)22-10-2-1-3-11-22)27-17-9-19-31-35(27)29-20-23-12-4-5-13-24(23)21-32(29)38-31/h1-21,37H/i1D,2D,3D,4D,5D,6D,7D,8D,9D,10D,11D,12D,13D,14D,15D,16D,17D,18D,19D,21D. The molecule has 0 fully saturated rings. The highest BCUT2D eigenvalue weighted by Gasteiger charge is 2.21. The van der Waals surface area contributed by atoms with Gasteiger partial charge in [0.1, 0.15) is 16.9 Å². The molecule has 0 saturated heterocycles. The van der Waals surface area contributed by atoms with Gasteiger partial charge in [-0.1, -0.05) is 103 Å². The third-order valence-electron chi connectivity index (χ3n) is 6.35. The first kappa shape index (κ1) is 9.34. The molecule has 1 aromatic heterocycles. The minimum Gasteiger partial charge on any atom is -0.507 e. The molecule has 0 saturated carbocycles. The molecule has 0 radical (unpaired) electrons. The van der Waals surface area contributed by atoms with E-state index >= 15 is 0 Å². The predicted molar refractivity (Wildman–Crippen MR) is 159 cm³/mol. The number of furan rings is 1. The lowest BCUT2D eigenvalue weighted by molar-refractivity contribution is 0.482. The zero-order valence-corrected chi connectivity index (χ0v) is 18.9. The van der Waals surface area contributed by atoms with E-state index in [1.165, 1.54) is 6.07 Å². The molecule has 0 spiro atoms. The molecular weight excluding hydrogens is 464 g/mol. The maximum Gasteiger partial charge on any atom is 0.136 e. The Hall–Kier alpha value is -5.08. The van der Waals surface area contributed by atoms with Gasteiger partial charge in [-0.2, -0.15) is 0 Å². The molecule has 1 heterocycles. The van der Waals surface area contributed by atoms with Crippen molar-refractivity contribution in [3.63, 3.8) is 0 Å². The average molecular weight is 507 g/mol. The van der Waals surface area contributed by atoms with Crippen LogP contribution in [-0.4, -0.2) is 5.11 Å². The van der Waals surface area contributed by atoms with Crippen LogP contribution in [0.3, 0.4) is 0 Å². The van der Waals surface area contributed by atoms with Gasteiger partial charge in [-0.15, -0.1) is 0 Å². The van der Waals surface area contributed by atoms with Crippen LogP contribution in [0, 0.1) is 0 Å². The maximum absolute atomic E-state index is 11.8. The molecule has 8 aromatic rings. The second kappa shape index (κ2) is 7.96. The highest BCUT2D eigenvalue weighted by atomic mass is 16.3. The van der Waals surface area contributed by atoms with Crippen molar-refractivity contribution in [2.75, 3.05) is 0 Å². The molecule has 1 N–H and O–H groups in total. The van der Waals surface area contributed by atoms with E-state index in [1.807, 2.05) is 0 Å². The first-order valence-corrected chi connectivity index (χ1v) is 11.2. The molecular formula is C36H22O2. The quantitative estimate of drug-likeness (QED) is 0.237. The number of aromatic hydroxyl groups is 1. The summed E-state index contributed by atoms with van der Waals surface area (Å²) in [5.41, 5.74) is -3.24. The molecule has 0 unspecified atom stereocenters. The van der Waals surface area contributed by atoms with Crippen molar-refractivity contribution < 1.29 is 36.9 Å². The van der Waals surface area contributed by atoms with Crippen LogP contribution in [-0.2, 0) is 0 Å². The largest absolute Gasteiger partial charge is 0.507 e. The average Bonchev–Trinajstić information content (AvgIpc) is 3.58. The van der Waals surface area contributed by atoms with Crippen molar-refractivity contribution in [1.29, 1.82) is 0 Å². The van der Waals surface area contributed by atoms with E-state index in [-0.39, 0.29) is 27.1 Å². The smallest absolute Gasteiger partial charge is 0.136 e. The Bertz CT molecular complexity index is 3190. The number of hydrogen-bond donors (Lipinski definition) is 1. The van der Waals surface area contributed by atoms with Gasteiger partial charge in [-0.3, -0.25) is 0 Å². The zero-order chi connectivity index (χ0) is 42.6. The molecule has 8 rings (SSSR count). The number of fused-ring (bicyclic) bond motifs is 6. The number of phenolic OH excluding ortho intramolecular Hbond substituents is 1. The van der Waals surface area contributed by atoms with Gasteiger partial charge in [0.15, 0.2) is 0 Å². The number of benzene rings is 7. The molecule has 178 valence electrons. The second-order valence-corrected chi connectivity index (χ2v) is 8.33. The molecule has 0 aliphatic carbocycles. The minimum atomic E-state index is -1.10. The van der Waals surface area contributed by atoms with Crippen molar-refractivity contribution in [1.82, 2.24) is 0 Å². The third kappa shape index (κ3) is 2.95. The van der Waals surface area contributed by atoms with Crippen LogP contribution in [0.5, 0.6) is 5.75 Å². The van der Waals surface area contributed by atoms with Gasteiger partial charge in [-0.05, 0) is 67.8 Å². The lowest BCUT2D eigenvalue weighted by Gasteiger charge is -2.19. The van der Waals surface area contributed by atoms with Gasteiger partial charge in [0.05, 0.1) is 27.4 Å². The van der Waals surface area contributed by atoms with Crippen LogP contribution in [0.1, 0.15) is 27.4 Å². The summed E-state index contributed by atoms with van der Waals surface area (Å²) >= 11 is 0. The number of phenols is 1. The van der Waals surface area contributed by atoms with E-state index in [0.29, 0.717) is 0 Å². The minimum absolute atomic E-state index is 0.162. The molecule has 0 atom stereocenters. The Morgan fingerprint density at radius 1 is 0.526 bits per heavy atom. The van der Waals surface area contributed by atoms with Crippen LogP contribution in [0.25, 0.3) is 76.5 Å². The van der Waals surface area contributed by atoms with Gasteiger partial charge in [-0.25, -0.2) is 0 Å². The molecule has 0 aliphatic heterocycles. The summed E-state index contributed by atoms with van der Waals surface area (Å²) in [5, 5.41) is 8.40. The highest BCUT2D eigenvalue weighted by Crippen LogP contribution is 2.49. The monoisotopic (exact) mass is 506 g/mol. The van der Waals surface area contributed by atoms with Crippen molar-refractivity contribution in [3.8, 4) is 28.0 Å². The molecule has 2 nitrogen and oxygen atoms in total. The van der Waals surface area contributed by atoms with Crippen molar-refractivity contribution >= 4 is 54.3 Å². The summed E-state index contributed by atoms with van der Waals surface area (Å²) < 4.78 is 181. The lowest BCUT2D eigenvalue weighted by Crippen LogP contribution is -1.91. The van der Waals surface area contributed by atoms with Crippen molar-refractivity contribution in [3.05, 3.63) is 127 Å². The van der Waals surface area contributed by atoms with Crippen molar-refractivity contribution in [2.45, 2.75) is 0 Å². The number of hydrogen-bond acceptors (Lipinski definition) is 2. The Morgan fingerprint density at radius 2 is 1.21 bits per heavy atom. The van der Waals surface area contributed by atoms with Crippen LogP contribution in [0.15, 0.2) is 131 Å². The predicted octanol–water partition coefficient (Wildman–Crippen LogP) is 10.1. The van der Waals surface area contributed by atoms with Gasteiger partial charge >= 0.3 is 0 Å².